The van der Waals surface area contributed by atoms with Crippen LogP contribution in [0.5, 0.6) is 0 Å². The highest BCUT2D eigenvalue weighted by Crippen LogP contribution is 2.20. The van der Waals surface area contributed by atoms with Crippen LogP contribution in [0.1, 0.15) is 24.8 Å². The minimum atomic E-state index is -0.916. The van der Waals surface area contributed by atoms with E-state index in [0.29, 0.717) is 37.3 Å². The maximum absolute atomic E-state index is 13.3. The fourth-order valence-corrected chi connectivity index (χ4v) is 3.43. The van der Waals surface area contributed by atoms with E-state index in [9.17, 15) is 18.4 Å². The molecule has 2 amide bonds. The van der Waals surface area contributed by atoms with Crippen LogP contribution in [0.15, 0.2) is 41.0 Å². The first-order valence-corrected chi connectivity index (χ1v) is 9.86. The number of nitrogens with zero attached hydrogens (tertiary/aromatic N) is 2. The molecule has 0 saturated carbocycles. The molecule has 8 heteroatoms. The Morgan fingerprint density at radius 3 is 2.75 bits per heavy atom. The Hall–Kier alpha value is -2.35. The highest BCUT2D eigenvalue weighted by Gasteiger charge is 2.28. The summed E-state index contributed by atoms with van der Waals surface area (Å²) in [5.74, 6) is -1.90. The van der Waals surface area contributed by atoms with Gasteiger partial charge in [-0.3, -0.25) is 9.59 Å². The number of benzene rings is 1. The molecule has 1 atom stereocenters. The predicted octanol–water partition coefficient (Wildman–Crippen LogP) is 3.93. The van der Waals surface area contributed by atoms with E-state index in [4.69, 9.17) is 0 Å². The van der Waals surface area contributed by atoms with Crippen LogP contribution in [0.4, 0.5) is 14.6 Å². The molecule has 1 N–H and O–H groups in total. The molecule has 3 rings (SSSR count). The Balaban J connectivity index is 1.53. The number of piperidine rings is 1. The van der Waals surface area contributed by atoms with Crippen molar-refractivity contribution in [1.29, 1.82) is 0 Å². The summed E-state index contributed by atoms with van der Waals surface area (Å²) in [5.41, 5.74) is 0.569. The van der Waals surface area contributed by atoms with Crippen LogP contribution >= 0.6 is 15.9 Å². The molecular weight excluding hydrogens is 432 g/mol. The predicted molar refractivity (Wildman–Crippen MR) is 105 cm³/mol. The van der Waals surface area contributed by atoms with Crippen LogP contribution in [-0.2, 0) is 16.0 Å². The first-order chi connectivity index (χ1) is 13.4. The van der Waals surface area contributed by atoms with E-state index in [1.54, 1.807) is 23.2 Å². The lowest BCUT2D eigenvalue weighted by Crippen LogP contribution is -2.43. The zero-order chi connectivity index (χ0) is 20.1. The van der Waals surface area contributed by atoms with Crippen molar-refractivity contribution in [3.8, 4) is 0 Å². The van der Waals surface area contributed by atoms with Gasteiger partial charge in [-0.25, -0.2) is 13.8 Å². The van der Waals surface area contributed by atoms with Crippen LogP contribution in [-0.4, -0.2) is 34.8 Å². The van der Waals surface area contributed by atoms with Gasteiger partial charge in [0.25, 0.3) is 0 Å². The molecule has 1 fully saturated rings. The molecule has 1 unspecified atom stereocenters. The first kappa shape index (κ1) is 20.4. The largest absolute Gasteiger partial charge is 0.342 e. The van der Waals surface area contributed by atoms with Crippen molar-refractivity contribution in [2.24, 2.45) is 5.92 Å². The van der Waals surface area contributed by atoms with E-state index in [-0.39, 0.29) is 24.2 Å². The lowest BCUT2D eigenvalue weighted by molar-refractivity contribution is -0.134. The highest BCUT2D eigenvalue weighted by atomic mass is 79.9. The quantitative estimate of drug-likeness (QED) is 0.748. The van der Waals surface area contributed by atoms with Crippen LogP contribution in [0.3, 0.4) is 0 Å². The van der Waals surface area contributed by atoms with Crippen LogP contribution in [0.2, 0.25) is 0 Å². The number of amides is 2. The summed E-state index contributed by atoms with van der Waals surface area (Å²) in [6.07, 6.45) is 3.56. The van der Waals surface area contributed by atoms with E-state index in [1.807, 2.05) is 0 Å². The Bertz CT molecular complexity index is 861. The number of anilines is 1. The van der Waals surface area contributed by atoms with Gasteiger partial charge in [0.05, 0.1) is 5.92 Å². The Morgan fingerprint density at radius 2 is 2.04 bits per heavy atom. The Labute approximate surface area is 170 Å². The van der Waals surface area contributed by atoms with Gasteiger partial charge in [0.2, 0.25) is 11.8 Å². The summed E-state index contributed by atoms with van der Waals surface area (Å²) in [4.78, 5) is 30.8. The number of carbonyl (C=O) groups excluding carboxylic acids is 2. The normalized spacial score (nSPS) is 16.7. The average Bonchev–Trinajstić information content (AvgIpc) is 2.70. The van der Waals surface area contributed by atoms with E-state index in [0.717, 1.165) is 23.0 Å². The average molecular weight is 452 g/mol. The van der Waals surface area contributed by atoms with E-state index in [2.05, 4.69) is 26.2 Å². The molecule has 1 aliphatic rings. The van der Waals surface area contributed by atoms with Crippen molar-refractivity contribution in [2.75, 3.05) is 18.4 Å². The molecule has 0 radical (unpaired) electrons. The van der Waals surface area contributed by atoms with Gasteiger partial charge < -0.3 is 10.2 Å². The second kappa shape index (κ2) is 9.23. The molecule has 2 heterocycles. The summed E-state index contributed by atoms with van der Waals surface area (Å²) in [6, 6.07) is 7.14. The molecule has 1 aromatic carbocycles. The lowest BCUT2D eigenvalue weighted by atomic mass is 9.96. The number of aromatic nitrogens is 1. The molecular formula is C20H20BrF2N3O2. The second-order valence-electron chi connectivity index (χ2n) is 6.78. The van der Waals surface area contributed by atoms with Crippen molar-refractivity contribution < 1.29 is 18.4 Å². The van der Waals surface area contributed by atoms with Crippen LogP contribution in [0.25, 0.3) is 0 Å². The zero-order valence-corrected chi connectivity index (χ0v) is 16.7. The summed E-state index contributed by atoms with van der Waals surface area (Å²) >= 11 is 3.29. The number of halogens is 3. The molecule has 1 aliphatic heterocycles. The highest BCUT2D eigenvalue weighted by molar-refractivity contribution is 9.10. The number of hydrogen-bond donors (Lipinski definition) is 1. The van der Waals surface area contributed by atoms with Crippen molar-refractivity contribution in [2.45, 2.75) is 25.7 Å². The molecule has 1 aromatic heterocycles. The van der Waals surface area contributed by atoms with Gasteiger partial charge >= 0.3 is 0 Å². The van der Waals surface area contributed by atoms with Crippen LogP contribution < -0.4 is 5.32 Å². The number of likely N-dealkylation sites (tertiary alicyclic amines) is 1. The maximum Gasteiger partial charge on any atom is 0.230 e. The SMILES string of the molecule is O=C(Nc1ccc(Br)cn1)C1CCCN(C(=O)CCc2ccc(F)c(F)c2)C1. The molecule has 28 heavy (non-hydrogen) atoms. The molecule has 0 bridgehead atoms. The van der Waals surface area contributed by atoms with Gasteiger partial charge in [0.15, 0.2) is 11.6 Å². The summed E-state index contributed by atoms with van der Waals surface area (Å²) < 4.78 is 27.1. The number of nitrogens with one attached hydrogen (secondary N) is 1. The second-order valence-corrected chi connectivity index (χ2v) is 7.69. The lowest BCUT2D eigenvalue weighted by Gasteiger charge is -2.32. The van der Waals surface area contributed by atoms with Gasteiger partial charge in [0, 0.05) is 30.2 Å². The summed E-state index contributed by atoms with van der Waals surface area (Å²) in [7, 11) is 0. The molecule has 148 valence electrons. The monoisotopic (exact) mass is 451 g/mol. The number of pyridine rings is 1. The van der Waals surface area contributed by atoms with Crippen molar-refractivity contribution in [3.63, 3.8) is 0 Å². The molecule has 1 saturated heterocycles. The minimum absolute atomic E-state index is 0.0935. The number of hydrogen-bond acceptors (Lipinski definition) is 3. The zero-order valence-electron chi connectivity index (χ0n) is 15.1. The standard InChI is InChI=1S/C20H20BrF2N3O2/c21-15-5-7-18(24-11-15)25-20(28)14-2-1-9-26(12-14)19(27)8-4-13-3-6-16(22)17(23)10-13/h3,5-7,10-11,14H,1-2,4,8-9,12H2,(H,24,25,28). The topological polar surface area (TPSA) is 62.3 Å². The summed E-state index contributed by atoms with van der Waals surface area (Å²) in [5, 5.41) is 2.78. The molecule has 5 nitrogen and oxygen atoms in total. The Kier molecular flexibility index (Phi) is 6.72. The van der Waals surface area contributed by atoms with Crippen molar-refractivity contribution in [3.05, 3.63) is 58.2 Å². The summed E-state index contributed by atoms with van der Waals surface area (Å²) in [6.45, 7) is 0.940. The van der Waals surface area contributed by atoms with E-state index < -0.39 is 11.6 Å². The fourth-order valence-electron chi connectivity index (χ4n) is 3.20. The number of rotatable bonds is 5. The van der Waals surface area contributed by atoms with Gasteiger partial charge in [-0.15, -0.1) is 0 Å². The maximum atomic E-state index is 13.3. The van der Waals surface area contributed by atoms with Gasteiger partial charge in [-0.1, -0.05) is 6.07 Å². The number of carbonyl (C=O) groups is 2. The number of aryl methyl sites for hydroxylation is 1. The molecule has 2 aromatic rings. The molecule has 0 aliphatic carbocycles. The third kappa shape index (κ3) is 5.34. The smallest absolute Gasteiger partial charge is 0.230 e. The molecule has 0 spiro atoms. The van der Waals surface area contributed by atoms with E-state index >= 15 is 0 Å². The third-order valence-electron chi connectivity index (χ3n) is 4.74. The van der Waals surface area contributed by atoms with Gasteiger partial charge in [0.1, 0.15) is 5.82 Å². The first-order valence-electron chi connectivity index (χ1n) is 9.06. The van der Waals surface area contributed by atoms with Gasteiger partial charge in [-0.2, -0.15) is 0 Å². The fraction of sp³-hybridized carbons (Fsp3) is 0.350. The minimum Gasteiger partial charge on any atom is -0.342 e. The van der Waals surface area contributed by atoms with Crippen molar-refractivity contribution >= 4 is 33.6 Å². The van der Waals surface area contributed by atoms with Gasteiger partial charge in [-0.05, 0) is 65.0 Å². The third-order valence-corrected chi connectivity index (χ3v) is 5.20. The van der Waals surface area contributed by atoms with Crippen LogP contribution in [0, 0.1) is 17.6 Å². The van der Waals surface area contributed by atoms with Crippen molar-refractivity contribution in [1.82, 2.24) is 9.88 Å². The Morgan fingerprint density at radius 1 is 1.21 bits per heavy atom. The van der Waals surface area contributed by atoms with E-state index in [1.165, 1.54) is 6.07 Å².